The number of nitrogens with one attached hydrogen (secondary N) is 1. The number of hydrogen-bond donors (Lipinski definition) is 1. The molecule has 0 unspecified atom stereocenters. The summed E-state index contributed by atoms with van der Waals surface area (Å²) in [6.45, 7) is 5.26. The normalized spacial score (nSPS) is 23.9. The first-order chi connectivity index (χ1) is 8.27. The fourth-order valence-electron chi connectivity index (χ4n) is 2.52. The molecule has 0 aliphatic carbocycles. The predicted octanol–water partition coefficient (Wildman–Crippen LogP) is 2.32. The number of aromatic nitrogens is 1. The minimum Gasteiger partial charge on any atom is -0.350 e. The highest BCUT2D eigenvalue weighted by Crippen LogP contribution is 2.39. The van der Waals surface area contributed by atoms with E-state index in [0.717, 1.165) is 36.2 Å². The Hall–Kier alpha value is -0.450. The smallest absolute Gasteiger partial charge is 0.142 e. The van der Waals surface area contributed by atoms with Crippen LogP contribution < -0.4 is 10.2 Å². The third-order valence-electron chi connectivity index (χ3n) is 3.52. The van der Waals surface area contributed by atoms with Gasteiger partial charge in [0.2, 0.25) is 0 Å². The number of anilines is 1. The minimum atomic E-state index is 0.588. The highest BCUT2D eigenvalue weighted by molar-refractivity contribution is 7.99. The lowest BCUT2D eigenvalue weighted by Crippen LogP contribution is -2.51. The Labute approximate surface area is 111 Å². The summed E-state index contributed by atoms with van der Waals surface area (Å²) in [7, 11) is 0. The zero-order chi connectivity index (χ0) is 11.8. The van der Waals surface area contributed by atoms with Crippen LogP contribution in [0.1, 0.15) is 12.0 Å². The maximum absolute atomic E-state index is 6.17. The van der Waals surface area contributed by atoms with Crippen LogP contribution in [0.5, 0.6) is 0 Å². The molecule has 3 rings (SSSR count). The van der Waals surface area contributed by atoms with E-state index in [4.69, 9.17) is 11.6 Å². The van der Waals surface area contributed by atoms with E-state index >= 15 is 0 Å². The third kappa shape index (κ3) is 2.02. The van der Waals surface area contributed by atoms with E-state index in [1.807, 2.05) is 11.8 Å². The van der Waals surface area contributed by atoms with Crippen molar-refractivity contribution in [3.8, 4) is 0 Å². The fourth-order valence-corrected chi connectivity index (χ4v) is 3.94. The van der Waals surface area contributed by atoms with Crippen LogP contribution in [-0.2, 0) is 0 Å². The van der Waals surface area contributed by atoms with Gasteiger partial charge >= 0.3 is 0 Å². The highest BCUT2D eigenvalue weighted by atomic mass is 35.5. The Balaban J connectivity index is 2.06. The van der Waals surface area contributed by atoms with Gasteiger partial charge in [-0.2, -0.15) is 0 Å². The number of rotatable bonds is 0. The summed E-state index contributed by atoms with van der Waals surface area (Å²) in [5.41, 5.74) is 1.18. The van der Waals surface area contributed by atoms with Crippen molar-refractivity contribution in [1.29, 1.82) is 0 Å². The second-order valence-electron chi connectivity index (χ2n) is 4.57. The summed E-state index contributed by atoms with van der Waals surface area (Å²) in [6, 6.07) is 0.588. The van der Waals surface area contributed by atoms with Crippen molar-refractivity contribution >= 4 is 29.2 Å². The van der Waals surface area contributed by atoms with Crippen LogP contribution in [0.2, 0.25) is 5.02 Å². The molecule has 0 saturated carbocycles. The van der Waals surface area contributed by atoms with Crippen molar-refractivity contribution in [2.75, 3.05) is 30.3 Å². The van der Waals surface area contributed by atoms with Crippen molar-refractivity contribution in [2.45, 2.75) is 24.3 Å². The number of fused-ring (bicyclic) bond motifs is 3. The van der Waals surface area contributed by atoms with E-state index < -0.39 is 0 Å². The predicted molar refractivity (Wildman–Crippen MR) is 73.3 cm³/mol. The first kappa shape index (κ1) is 11.6. The summed E-state index contributed by atoms with van der Waals surface area (Å²) in [4.78, 5) is 8.30. The molecule has 0 spiro atoms. The number of nitrogens with zero attached hydrogens (tertiary/aromatic N) is 2. The molecule has 1 saturated heterocycles. The van der Waals surface area contributed by atoms with Crippen molar-refractivity contribution in [1.82, 2.24) is 10.3 Å². The summed E-state index contributed by atoms with van der Waals surface area (Å²) in [5.74, 6) is 2.29. The Bertz CT molecular complexity index is 438. The lowest BCUT2D eigenvalue weighted by Gasteiger charge is -2.36. The van der Waals surface area contributed by atoms with E-state index in [1.165, 1.54) is 16.9 Å². The molecule has 17 heavy (non-hydrogen) atoms. The van der Waals surface area contributed by atoms with E-state index in [0.29, 0.717) is 6.04 Å². The molecule has 92 valence electrons. The number of halogens is 1. The largest absolute Gasteiger partial charge is 0.350 e. The standard InChI is InChI=1S/C12H16ClN3S/c1-8-10(13)7-15-12-11(8)17-5-2-9-6-14-3-4-16(9)12/h7,9,14H,2-6H2,1H3/t9-/m0/s1. The van der Waals surface area contributed by atoms with Gasteiger partial charge in [-0.15, -0.1) is 11.8 Å². The minimum absolute atomic E-state index is 0.588. The second kappa shape index (κ2) is 4.67. The molecular weight excluding hydrogens is 254 g/mol. The molecule has 3 nitrogen and oxygen atoms in total. The van der Waals surface area contributed by atoms with Gasteiger partial charge in [0.25, 0.3) is 0 Å². The average Bonchev–Trinajstić information content (AvgIpc) is 2.54. The lowest BCUT2D eigenvalue weighted by atomic mass is 10.1. The van der Waals surface area contributed by atoms with Crippen molar-refractivity contribution in [3.05, 3.63) is 16.8 Å². The zero-order valence-corrected chi connectivity index (χ0v) is 11.4. The molecule has 2 aliphatic heterocycles. The molecule has 0 radical (unpaired) electrons. The summed E-state index contributed by atoms with van der Waals surface area (Å²) in [5, 5.41) is 4.25. The van der Waals surface area contributed by atoms with Crippen LogP contribution in [-0.4, -0.2) is 36.4 Å². The Kier molecular flexibility index (Phi) is 3.19. The molecule has 0 aromatic carbocycles. The van der Waals surface area contributed by atoms with Crippen molar-refractivity contribution < 1.29 is 0 Å². The van der Waals surface area contributed by atoms with Crippen LogP contribution in [0.3, 0.4) is 0 Å². The molecule has 0 bridgehead atoms. The zero-order valence-electron chi connectivity index (χ0n) is 9.87. The molecule has 3 heterocycles. The molecule has 5 heteroatoms. The molecule has 1 N–H and O–H groups in total. The van der Waals surface area contributed by atoms with E-state index in [1.54, 1.807) is 6.20 Å². The SMILES string of the molecule is Cc1c(Cl)cnc2c1SCC[C@H]1CNCCN21. The van der Waals surface area contributed by atoms with E-state index in [-0.39, 0.29) is 0 Å². The van der Waals surface area contributed by atoms with Gasteiger partial charge in [-0.05, 0) is 18.9 Å². The first-order valence-electron chi connectivity index (χ1n) is 6.02. The van der Waals surface area contributed by atoms with Gasteiger partial charge in [0.15, 0.2) is 0 Å². The Morgan fingerprint density at radius 3 is 3.35 bits per heavy atom. The van der Waals surface area contributed by atoms with Gasteiger partial charge in [-0.3, -0.25) is 0 Å². The van der Waals surface area contributed by atoms with Gasteiger partial charge in [-0.25, -0.2) is 4.98 Å². The second-order valence-corrected chi connectivity index (χ2v) is 6.08. The van der Waals surface area contributed by atoms with Crippen LogP contribution in [0.25, 0.3) is 0 Å². The topological polar surface area (TPSA) is 28.2 Å². The van der Waals surface area contributed by atoms with Gasteiger partial charge in [0.05, 0.1) is 9.92 Å². The molecule has 0 amide bonds. The highest BCUT2D eigenvalue weighted by Gasteiger charge is 2.29. The van der Waals surface area contributed by atoms with Gasteiger partial charge in [0, 0.05) is 37.6 Å². The Morgan fingerprint density at radius 2 is 2.47 bits per heavy atom. The number of pyridine rings is 1. The molecule has 1 atom stereocenters. The number of thioether (sulfide) groups is 1. The van der Waals surface area contributed by atoms with Crippen LogP contribution in [0.15, 0.2) is 11.1 Å². The number of piperazine rings is 1. The van der Waals surface area contributed by atoms with Gasteiger partial charge in [-0.1, -0.05) is 11.6 Å². The maximum Gasteiger partial charge on any atom is 0.142 e. The summed E-state index contributed by atoms with van der Waals surface area (Å²) < 4.78 is 0. The van der Waals surface area contributed by atoms with Crippen LogP contribution >= 0.6 is 23.4 Å². The van der Waals surface area contributed by atoms with Crippen molar-refractivity contribution in [3.63, 3.8) is 0 Å². The average molecular weight is 270 g/mol. The quantitative estimate of drug-likeness (QED) is 0.782. The molecule has 1 fully saturated rings. The maximum atomic E-state index is 6.17. The third-order valence-corrected chi connectivity index (χ3v) is 5.12. The molecule has 1 aromatic heterocycles. The molecule has 1 aromatic rings. The number of hydrogen-bond acceptors (Lipinski definition) is 4. The van der Waals surface area contributed by atoms with Gasteiger partial charge < -0.3 is 10.2 Å². The van der Waals surface area contributed by atoms with E-state index in [9.17, 15) is 0 Å². The molecular formula is C12H16ClN3S. The Morgan fingerprint density at radius 1 is 1.59 bits per heavy atom. The van der Waals surface area contributed by atoms with Crippen LogP contribution in [0.4, 0.5) is 5.82 Å². The van der Waals surface area contributed by atoms with Gasteiger partial charge in [0.1, 0.15) is 5.82 Å². The summed E-state index contributed by atoms with van der Waals surface area (Å²) in [6.07, 6.45) is 3.01. The van der Waals surface area contributed by atoms with E-state index in [2.05, 4.69) is 22.1 Å². The van der Waals surface area contributed by atoms with Crippen molar-refractivity contribution in [2.24, 2.45) is 0 Å². The monoisotopic (exact) mass is 269 g/mol. The van der Waals surface area contributed by atoms with Crippen LogP contribution in [0, 0.1) is 6.92 Å². The summed E-state index contributed by atoms with van der Waals surface area (Å²) >= 11 is 8.07. The lowest BCUT2D eigenvalue weighted by molar-refractivity contribution is 0.465. The molecule has 2 aliphatic rings. The first-order valence-corrected chi connectivity index (χ1v) is 7.39. The fraction of sp³-hybridized carbons (Fsp3) is 0.583.